The fourth-order valence-corrected chi connectivity index (χ4v) is 4.93. The molecule has 0 amide bonds. The van der Waals surface area contributed by atoms with E-state index in [0.29, 0.717) is 4.45 Å². The van der Waals surface area contributed by atoms with Gasteiger partial charge in [-0.15, -0.1) is 0 Å². The summed E-state index contributed by atoms with van der Waals surface area (Å²) < 4.78 is 31.2. The van der Waals surface area contributed by atoms with Crippen LogP contribution in [0.5, 0.6) is 0 Å². The number of halogens is 1. The number of rotatable bonds is 6. The standard InChI is InChI=1S/C19H29BrO3SSi/c1-15-9-12-17(13-10-15)24(21,22)23-18-8-6-5-7-16(18)11-14-19(20)25(2,3)4/h9-14,16,18-19H,5-8H2,1-4H3/b14-11+/t16-,18+,19?/m0/s1. The molecule has 1 saturated carbocycles. The molecule has 1 aromatic rings. The molecule has 0 N–H and O–H groups in total. The van der Waals surface area contributed by atoms with Gasteiger partial charge in [-0.25, -0.2) is 0 Å². The third-order valence-electron chi connectivity index (χ3n) is 4.67. The van der Waals surface area contributed by atoms with Gasteiger partial charge >= 0.3 is 0 Å². The zero-order valence-corrected chi connectivity index (χ0v) is 18.9. The summed E-state index contributed by atoms with van der Waals surface area (Å²) in [6, 6.07) is 6.85. The highest BCUT2D eigenvalue weighted by atomic mass is 79.9. The van der Waals surface area contributed by atoms with Crippen molar-refractivity contribution < 1.29 is 12.6 Å². The van der Waals surface area contributed by atoms with Crippen LogP contribution in [0.1, 0.15) is 31.2 Å². The quantitative estimate of drug-likeness (QED) is 0.253. The number of hydrogen-bond acceptors (Lipinski definition) is 3. The van der Waals surface area contributed by atoms with Gasteiger partial charge in [-0.3, -0.25) is 4.18 Å². The van der Waals surface area contributed by atoms with Gasteiger partial charge < -0.3 is 0 Å². The molecule has 1 aliphatic rings. The Balaban J connectivity index is 2.12. The number of allylic oxidation sites excluding steroid dienone is 1. The van der Waals surface area contributed by atoms with E-state index in [0.717, 1.165) is 31.2 Å². The molecule has 25 heavy (non-hydrogen) atoms. The van der Waals surface area contributed by atoms with Crippen molar-refractivity contribution in [1.82, 2.24) is 0 Å². The van der Waals surface area contributed by atoms with Gasteiger partial charge in [-0.05, 0) is 31.9 Å². The second kappa shape index (κ2) is 8.50. The second-order valence-corrected chi connectivity index (χ2v) is 16.8. The van der Waals surface area contributed by atoms with Crippen LogP contribution in [-0.4, -0.2) is 27.0 Å². The number of aryl methyl sites for hydroxylation is 1. The SMILES string of the molecule is Cc1ccc(S(=O)(=O)O[C@@H]2CCCC[C@H]2/C=C/C(Br)[Si](C)(C)C)cc1. The highest BCUT2D eigenvalue weighted by Gasteiger charge is 2.30. The van der Waals surface area contributed by atoms with E-state index in [4.69, 9.17) is 4.18 Å². The van der Waals surface area contributed by atoms with Crippen molar-refractivity contribution in [3.63, 3.8) is 0 Å². The van der Waals surface area contributed by atoms with E-state index in [2.05, 4.69) is 47.7 Å². The van der Waals surface area contributed by atoms with Gasteiger partial charge in [-0.2, -0.15) is 8.42 Å². The van der Waals surface area contributed by atoms with Gasteiger partial charge in [0.25, 0.3) is 10.1 Å². The summed E-state index contributed by atoms with van der Waals surface area (Å²) in [5, 5.41) is 0. The largest absolute Gasteiger partial charge is 0.297 e. The summed E-state index contributed by atoms with van der Waals surface area (Å²) in [6.07, 6.45) is 8.03. The molecule has 0 aliphatic heterocycles. The van der Waals surface area contributed by atoms with Gasteiger partial charge in [0.2, 0.25) is 0 Å². The maximum absolute atomic E-state index is 12.6. The summed E-state index contributed by atoms with van der Waals surface area (Å²) in [4.78, 5) is 0.242. The van der Waals surface area contributed by atoms with E-state index in [-0.39, 0.29) is 16.9 Å². The van der Waals surface area contributed by atoms with E-state index >= 15 is 0 Å². The molecule has 6 heteroatoms. The fraction of sp³-hybridized carbons (Fsp3) is 0.579. The molecule has 0 saturated heterocycles. The van der Waals surface area contributed by atoms with Crippen molar-refractivity contribution in [2.45, 2.75) is 67.7 Å². The van der Waals surface area contributed by atoms with Gasteiger partial charge in [0.15, 0.2) is 0 Å². The third-order valence-corrected chi connectivity index (χ3v) is 12.3. The minimum atomic E-state index is -3.71. The van der Waals surface area contributed by atoms with Crippen LogP contribution in [0, 0.1) is 12.8 Å². The summed E-state index contributed by atoms with van der Waals surface area (Å²) in [7, 11) is -5.01. The lowest BCUT2D eigenvalue weighted by atomic mass is 9.86. The Morgan fingerprint density at radius 1 is 1.16 bits per heavy atom. The minimum Gasteiger partial charge on any atom is -0.262 e. The second-order valence-electron chi connectivity index (χ2n) is 8.00. The van der Waals surface area contributed by atoms with Gasteiger partial charge in [-0.1, -0.05) is 78.3 Å². The Morgan fingerprint density at radius 3 is 2.36 bits per heavy atom. The Labute approximate surface area is 162 Å². The van der Waals surface area contributed by atoms with Crippen molar-refractivity contribution in [3.05, 3.63) is 42.0 Å². The number of alkyl halides is 1. The van der Waals surface area contributed by atoms with E-state index in [1.807, 2.05) is 6.92 Å². The molecular weight excluding hydrogens is 416 g/mol. The van der Waals surface area contributed by atoms with Gasteiger partial charge in [0.05, 0.1) is 19.1 Å². The van der Waals surface area contributed by atoms with E-state index < -0.39 is 18.2 Å². The summed E-state index contributed by atoms with van der Waals surface area (Å²) in [5.74, 6) is 0.158. The van der Waals surface area contributed by atoms with Gasteiger partial charge in [0, 0.05) is 10.4 Å². The lowest BCUT2D eigenvalue weighted by Crippen LogP contribution is -2.33. The van der Waals surface area contributed by atoms with Crippen LogP contribution < -0.4 is 0 Å². The fourth-order valence-electron chi connectivity index (χ4n) is 2.92. The molecule has 0 bridgehead atoms. The predicted octanol–water partition coefficient (Wildman–Crippen LogP) is 5.46. The van der Waals surface area contributed by atoms with Crippen LogP contribution >= 0.6 is 15.9 Å². The molecule has 2 rings (SSSR count). The normalized spacial score (nSPS) is 23.7. The summed E-state index contributed by atoms with van der Waals surface area (Å²) >= 11 is 3.77. The smallest absolute Gasteiger partial charge is 0.262 e. The van der Waals surface area contributed by atoms with Crippen molar-refractivity contribution >= 4 is 34.1 Å². The molecular formula is C19H29BrO3SSi. The molecule has 0 radical (unpaired) electrons. The Kier molecular flexibility index (Phi) is 7.10. The van der Waals surface area contributed by atoms with E-state index in [1.165, 1.54) is 0 Å². The van der Waals surface area contributed by atoms with E-state index in [9.17, 15) is 8.42 Å². The molecule has 1 fully saturated rings. The Morgan fingerprint density at radius 2 is 1.76 bits per heavy atom. The average molecular weight is 445 g/mol. The molecule has 0 aromatic heterocycles. The van der Waals surface area contributed by atoms with Crippen molar-refractivity contribution in [2.24, 2.45) is 5.92 Å². The number of hydrogen-bond donors (Lipinski definition) is 0. The molecule has 140 valence electrons. The lowest BCUT2D eigenvalue weighted by molar-refractivity contribution is 0.123. The highest BCUT2D eigenvalue weighted by molar-refractivity contribution is 9.10. The molecule has 0 spiro atoms. The zero-order chi connectivity index (χ0) is 18.7. The minimum absolute atomic E-state index is 0.158. The van der Waals surface area contributed by atoms with Crippen LogP contribution in [0.2, 0.25) is 19.6 Å². The van der Waals surface area contributed by atoms with Crippen LogP contribution in [0.25, 0.3) is 0 Å². The predicted molar refractivity (Wildman–Crippen MR) is 110 cm³/mol. The zero-order valence-electron chi connectivity index (χ0n) is 15.5. The highest BCUT2D eigenvalue weighted by Crippen LogP contribution is 2.31. The van der Waals surface area contributed by atoms with Crippen molar-refractivity contribution in [2.75, 3.05) is 0 Å². The molecule has 1 aliphatic carbocycles. The van der Waals surface area contributed by atoms with Crippen molar-refractivity contribution in [3.8, 4) is 0 Å². The Bertz CT molecular complexity index is 692. The lowest BCUT2D eigenvalue weighted by Gasteiger charge is -2.29. The maximum atomic E-state index is 12.6. The molecule has 3 nitrogen and oxygen atoms in total. The summed E-state index contributed by atoms with van der Waals surface area (Å²) in [5.41, 5.74) is 1.03. The summed E-state index contributed by atoms with van der Waals surface area (Å²) in [6.45, 7) is 8.88. The average Bonchev–Trinajstić information content (AvgIpc) is 2.53. The van der Waals surface area contributed by atoms with E-state index in [1.54, 1.807) is 24.3 Å². The van der Waals surface area contributed by atoms with Crippen LogP contribution in [0.3, 0.4) is 0 Å². The molecule has 1 unspecified atom stereocenters. The van der Waals surface area contributed by atoms with Crippen LogP contribution in [0.4, 0.5) is 0 Å². The van der Waals surface area contributed by atoms with Gasteiger partial charge in [0.1, 0.15) is 0 Å². The molecule has 3 atom stereocenters. The molecule has 1 aromatic carbocycles. The van der Waals surface area contributed by atoms with Crippen molar-refractivity contribution in [1.29, 1.82) is 0 Å². The van der Waals surface area contributed by atoms with Crippen LogP contribution in [-0.2, 0) is 14.3 Å². The first kappa shape index (κ1) is 20.9. The monoisotopic (exact) mass is 444 g/mol. The number of benzene rings is 1. The topological polar surface area (TPSA) is 43.4 Å². The Hall–Kier alpha value is -0.433. The maximum Gasteiger partial charge on any atom is 0.297 e. The third kappa shape index (κ3) is 6.05. The first-order valence-corrected chi connectivity index (χ1v) is 14.8. The first-order valence-electron chi connectivity index (χ1n) is 8.92. The molecule has 0 heterocycles. The van der Waals surface area contributed by atoms with Crippen LogP contribution in [0.15, 0.2) is 41.3 Å². The first-order chi connectivity index (χ1) is 11.6.